The van der Waals surface area contributed by atoms with Crippen LogP contribution in [0, 0.1) is 0 Å². The first-order valence-corrected chi connectivity index (χ1v) is 6.20. The fraction of sp³-hybridized carbons (Fsp3) is 0.385. The summed E-state index contributed by atoms with van der Waals surface area (Å²) in [4.78, 5) is 0. The Morgan fingerprint density at radius 1 is 1.29 bits per heavy atom. The smallest absolute Gasteiger partial charge is 0.0142 e. The lowest BCUT2D eigenvalue weighted by molar-refractivity contribution is 1.44. The molecule has 0 radical (unpaired) electrons. The summed E-state index contributed by atoms with van der Waals surface area (Å²) in [6.45, 7) is 11.8. The predicted molar refractivity (Wildman–Crippen MR) is 71.7 cm³/mol. The van der Waals surface area contributed by atoms with E-state index in [1.165, 1.54) is 11.1 Å². The van der Waals surface area contributed by atoms with Gasteiger partial charge in [-0.15, -0.1) is 11.8 Å². The molecule has 0 aliphatic rings. The van der Waals surface area contributed by atoms with Crippen LogP contribution < -0.4 is 0 Å². The summed E-state index contributed by atoms with van der Waals surface area (Å²) in [6.07, 6.45) is 10.0. The Morgan fingerprint density at radius 2 is 1.86 bits per heavy atom. The van der Waals surface area contributed by atoms with E-state index in [0.29, 0.717) is 0 Å². The summed E-state index contributed by atoms with van der Waals surface area (Å²) in [5, 5.41) is 2.13. The first kappa shape index (κ1) is 15.8. The molecule has 14 heavy (non-hydrogen) atoms. The van der Waals surface area contributed by atoms with Crippen LogP contribution in [-0.4, -0.2) is 6.26 Å². The molecule has 0 N–H and O–H groups in total. The summed E-state index contributed by atoms with van der Waals surface area (Å²) in [5.74, 6) is 0. The van der Waals surface area contributed by atoms with Crippen molar-refractivity contribution in [3.05, 3.63) is 47.4 Å². The van der Waals surface area contributed by atoms with Gasteiger partial charge in [-0.1, -0.05) is 44.7 Å². The zero-order valence-electron chi connectivity index (χ0n) is 10.0. The Labute approximate surface area is 93.5 Å². The zero-order chi connectivity index (χ0) is 11.4. The largest absolute Gasteiger partial charge is 0.137 e. The Balaban J connectivity index is 0. The third kappa shape index (κ3) is 7.93. The van der Waals surface area contributed by atoms with Crippen LogP contribution in [0.15, 0.2) is 47.4 Å². The molecule has 0 unspecified atom stereocenters. The van der Waals surface area contributed by atoms with Crippen molar-refractivity contribution >= 4 is 11.8 Å². The molecule has 80 valence electrons. The molecule has 0 saturated carbocycles. The second-order valence-electron chi connectivity index (χ2n) is 2.39. The molecule has 0 rings (SSSR count). The van der Waals surface area contributed by atoms with Crippen molar-refractivity contribution in [3.8, 4) is 0 Å². The molecule has 1 heteroatoms. The van der Waals surface area contributed by atoms with E-state index in [-0.39, 0.29) is 0 Å². The molecule has 0 aromatic carbocycles. The summed E-state index contributed by atoms with van der Waals surface area (Å²) in [6, 6.07) is 0. The van der Waals surface area contributed by atoms with Crippen molar-refractivity contribution in [2.24, 2.45) is 0 Å². The highest BCUT2D eigenvalue weighted by Crippen LogP contribution is 2.14. The van der Waals surface area contributed by atoms with E-state index in [1.807, 2.05) is 39.0 Å². The van der Waals surface area contributed by atoms with Crippen molar-refractivity contribution in [3.63, 3.8) is 0 Å². The maximum Gasteiger partial charge on any atom is -0.0142 e. The zero-order valence-corrected chi connectivity index (χ0v) is 10.8. The van der Waals surface area contributed by atoms with E-state index in [4.69, 9.17) is 0 Å². The maximum absolute atomic E-state index is 3.68. The quantitative estimate of drug-likeness (QED) is 0.590. The highest BCUT2D eigenvalue weighted by molar-refractivity contribution is 8.01. The van der Waals surface area contributed by atoms with E-state index in [9.17, 15) is 0 Å². The van der Waals surface area contributed by atoms with Crippen LogP contribution in [0.1, 0.15) is 27.7 Å². The number of thioether (sulfide) groups is 1. The second-order valence-corrected chi connectivity index (χ2v) is 3.10. The van der Waals surface area contributed by atoms with Gasteiger partial charge < -0.3 is 0 Å². The van der Waals surface area contributed by atoms with Gasteiger partial charge in [0.2, 0.25) is 0 Å². The molecule has 0 fully saturated rings. The minimum Gasteiger partial charge on any atom is -0.137 e. The predicted octanol–water partition coefficient (Wildman–Crippen LogP) is 4.97. The Hall–Kier alpha value is -0.690. The third-order valence-electron chi connectivity index (χ3n) is 1.39. The van der Waals surface area contributed by atoms with Gasteiger partial charge in [0.25, 0.3) is 0 Å². The molecule has 0 aromatic rings. The van der Waals surface area contributed by atoms with Gasteiger partial charge >= 0.3 is 0 Å². The van der Waals surface area contributed by atoms with Crippen LogP contribution in [0.4, 0.5) is 0 Å². The van der Waals surface area contributed by atoms with Gasteiger partial charge in [0.15, 0.2) is 0 Å². The van der Waals surface area contributed by atoms with E-state index >= 15 is 0 Å². The molecule has 0 saturated heterocycles. The molecule has 0 aliphatic heterocycles. The lowest BCUT2D eigenvalue weighted by Crippen LogP contribution is -1.78. The molecule has 0 aromatic heterocycles. The van der Waals surface area contributed by atoms with Crippen molar-refractivity contribution in [1.29, 1.82) is 0 Å². The maximum atomic E-state index is 3.68. The lowest BCUT2D eigenvalue weighted by atomic mass is 10.1. The van der Waals surface area contributed by atoms with E-state index in [1.54, 1.807) is 11.8 Å². The average molecular weight is 210 g/mol. The topological polar surface area (TPSA) is 0 Å². The highest BCUT2D eigenvalue weighted by atomic mass is 32.2. The fourth-order valence-corrected chi connectivity index (χ4v) is 1.36. The Kier molecular flexibility index (Phi) is 13.9. The van der Waals surface area contributed by atoms with Gasteiger partial charge in [-0.05, 0) is 36.7 Å². The monoisotopic (exact) mass is 210 g/mol. The van der Waals surface area contributed by atoms with Gasteiger partial charge in [0, 0.05) is 0 Å². The third-order valence-corrected chi connectivity index (χ3v) is 1.98. The molecule has 0 aliphatic carbocycles. The second kappa shape index (κ2) is 12.3. The van der Waals surface area contributed by atoms with Crippen molar-refractivity contribution in [2.45, 2.75) is 27.7 Å². The highest BCUT2D eigenvalue weighted by Gasteiger charge is 1.92. The van der Waals surface area contributed by atoms with Crippen LogP contribution in [0.2, 0.25) is 0 Å². The van der Waals surface area contributed by atoms with Crippen LogP contribution in [0.3, 0.4) is 0 Å². The molecule has 0 heterocycles. The summed E-state index contributed by atoms with van der Waals surface area (Å²) < 4.78 is 0. The standard InChI is InChI=1S/C11H16S.C2H6/c1-5-7-11(8-6-2)10(3)9-12-4;1-2/h5-9H,1H2,2-4H3;1-2H3/b8-6-,10-9-,11-7+;. The van der Waals surface area contributed by atoms with E-state index < -0.39 is 0 Å². The minimum atomic E-state index is 1.22. The summed E-state index contributed by atoms with van der Waals surface area (Å²) in [7, 11) is 0. The molecular formula is C13H22S. The van der Waals surface area contributed by atoms with Gasteiger partial charge in [-0.3, -0.25) is 0 Å². The van der Waals surface area contributed by atoms with E-state index in [2.05, 4.69) is 31.2 Å². The normalized spacial score (nSPS) is 12.4. The summed E-state index contributed by atoms with van der Waals surface area (Å²) >= 11 is 1.72. The number of allylic oxidation sites excluding steroid dienone is 6. The molecule has 0 atom stereocenters. The van der Waals surface area contributed by atoms with E-state index in [0.717, 1.165) is 0 Å². The van der Waals surface area contributed by atoms with Crippen molar-refractivity contribution in [2.75, 3.05) is 6.26 Å². The van der Waals surface area contributed by atoms with Crippen LogP contribution >= 0.6 is 11.8 Å². The van der Waals surface area contributed by atoms with Crippen molar-refractivity contribution < 1.29 is 0 Å². The van der Waals surface area contributed by atoms with Crippen molar-refractivity contribution in [1.82, 2.24) is 0 Å². The molecule has 0 spiro atoms. The van der Waals surface area contributed by atoms with Gasteiger partial charge in [-0.25, -0.2) is 0 Å². The number of hydrogen-bond acceptors (Lipinski definition) is 1. The summed E-state index contributed by atoms with van der Waals surface area (Å²) in [5.41, 5.74) is 2.50. The van der Waals surface area contributed by atoms with Crippen LogP contribution in [0.25, 0.3) is 0 Å². The fourth-order valence-electron chi connectivity index (χ4n) is 0.870. The van der Waals surface area contributed by atoms with Gasteiger partial charge in [0.05, 0.1) is 0 Å². The number of hydrogen-bond donors (Lipinski definition) is 0. The average Bonchev–Trinajstić information content (AvgIpc) is 2.21. The Morgan fingerprint density at radius 3 is 2.21 bits per heavy atom. The lowest BCUT2D eigenvalue weighted by Gasteiger charge is -1.99. The molecule has 0 bridgehead atoms. The first-order chi connectivity index (χ1) is 6.76. The number of rotatable bonds is 4. The van der Waals surface area contributed by atoms with Crippen LogP contribution in [0.5, 0.6) is 0 Å². The van der Waals surface area contributed by atoms with Gasteiger partial charge in [0.1, 0.15) is 0 Å². The van der Waals surface area contributed by atoms with Crippen LogP contribution in [-0.2, 0) is 0 Å². The SMILES string of the molecule is C=C/C=C(\C=C/C)C(/C)=C\SC.CC. The molecular weight excluding hydrogens is 188 g/mol. The Bertz CT molecular complexity index is 219. The molecule has 0 nitrogen and oxygen atoms in total. The minimum absolute atomic E-state index is 1.22. The van der Waals surface area contributed by atoms with Gasteiger partial charge in [-0.2, -0.15) is 0 Å². The first-order valence-electron chi connectivity index (χ1n) is 4.91. The molecule has 0 amide bonds.